The van der Waals surface area contributed by atoms with E-state index in [1.54, 1.807) is 0 Å². The molecule has 5 aromatic rings. The number of carbonyl (C=O) groups excluding carboxylic acids is 1. The zero-order chi connectivity index (χ0) is 27.5. The number of benzene rings is 4. The molecule has 202 valence electrons. The van der Waals surface area contributed by atoms with Crippen molar-refractivity contribution in [3.8, 4) is 5.75 Å². The van der Waals surface area contributed by atoms with Crippen LogP contribution in [0.15, 0.2) is 91.0 Å². The first-order valence-corrected chi connectivity index (χ1v) is 14.1. The van der Waals surface area contributed by atoms with Gasteiger partial charge in [0.2, 0.25) is 0 Å². The van der Waals surface area contributed by atoms with Crippen LogP contribution in [0, 0.1) is 0 Å². The topological polar surface area (TPSA) is 53.4 Å². The number of carbonyl (C=O) groups is 1. The molecule has 7 heteroatoms. The highest BCUT2D eigenvalue weighted by Gasteiger charge is 2.30. The SMILES string of the molecule is O=COCc1ccc(OCCn2c(C3CC3)nc3ccc(C(c4ccc(Cl)cc4)c4ccc(Cl)cc4)cc32)cc1. The lowest BCUT2D eigenvalue weighted by atomic mass is 9.85. The van der Waals surface area contributed by atoms with Gasteiger partial charge >= 0.3 is 0 Å². The minimum atomic E-state index is 0.0182. The van der Waals surface area contributed by atoms with Crippen molar-refractivity contribution in [1.82, 2.24) is 9.55 Å². The molecule has 0 N–H and O–H groups in total. The Bertz CT molecular complexity index is 1560. The first kappa shape index (κ1) is 26.4. The summed E-state index contributed by atoms with van der Waals surface area (Å²) in [7, 11) is 0. The molecule has 0 spiro atoms. The van der Waals surface area contributed by atoms with E-state index >= 15 is 0 Å². The smallest absolute Gasteiger partial charge is 0.293 e. The number of rotatable bonds is 11. The van der Waals surface area contributed by atoms with Crippen LogP contribution in [-0.2, 0) is 22.7 Å². The molecule has 0 bridgehead atoms. The number of aromatic nitrogens is 2. The summed E-state index contributed by atoms with van der Waals surface area (Å²) in [5, 5.41) is 1.43. The van der Waals surface area contributed by atoms with E-state index in [-0.39, 0.29) is 12.5 Å². The minimum Gasteiger partial charge on any atom is -0.492 e. The molecule has 1 heterocycles. The molecule has 0 radical (unpaired) electrons. The van der Waals surface area contributed by atoms with E-state index in [1.807, 2.05) is 48.5 Å². The largest absolute Gasteiger partial charge is 0.492 e. The van der Waals surface area contributed by atoms with Crippen molar-refractivity contribution in [3.05, 3.63) is 129 Å². The third kappa shape index (κ3) is 5.86. The normalized spacial score (nSPS) is 13.1. The van der Waals surface area contributed by atoms with E-state index in [4.69, 9.17) is 37.7 Å². The summed E-state index contributed by atoms with van der Waals surface area (Å²) < 4.78 is 13.2. The van der Waals surface area contributed by atoms with Crippen molar-refractivity contribution in [2.45, 2.75) is 37.8 Å². The molecular formula is C33H28Cl2N2O3. The summed E-state index contributed by atoms with van der Waals surface area (Å²) in [5.41, 5.74) is 6.51. The molecule has 0 aliphatic heterocycles. The van der Waals surface area contributed by atoms with E-state index in [0.29, 0.717) is 35.6 Å². The molecule has 6 rings (SSSR count). The summed E-state index contributed by atoms with van der Waals surface area (Å²) in [6, 6.07) is 30.3. The first-order valence-electron chi connectivity index (χ1n) is 13.4. The highest BCUT2D eigenvalue weighted by atomic mass is 35.5. The Kier molecular flexibility index (Phi) is 7.76. The Hall–Kier alpha value is -3.80. The molecule has 40 heavy (non-hydrogen) atoms. The second kappa shape index (κ2) is 11.7. The van der Waals surface area contributed by atoms with Crippen molar-refractivity contribution < 1.29 is 14.3 Å². The first-order chi connectivity index (χ1) is 19.6. The van der Waals surface area contributed by atoms with E-state index in [9.17, 15) is 4.79 Å². The standard InChI is InChI=1S/C33H28Cl2N2O3/c34-27-10-5-23(6-11-27)32(24-7-12-28(35)13-8-24)26-9-16-30-31(19-26)37(33(36-30)25-3-4-25)17-18-40-29-14-1-22(2-15-29)20-39-21-38/h1-2,5-16,19,21,25,32H,3-4,17-18,20H2. The highest BCUT2D eigenvalue weighted by Crippen LogP contribution is 2.41. The second-order valence-corrected chi connectivity index (χ2v) is 11.0. The Balaban J connectivity index is 1.31. The number of halogens is 2. The molecule has 0 atom stereocenters. The van der Waals surface area contributed by atoms with E-state index in [1.165, 1.54) is 18.4 Å². The molecule has 1 saturated carbocycles. The molecule has 1 fully saturated rings. The van der Waals surface area contributed by atoms with Gasteiger partial charge in [-0.05, 0) is 83.6 Å². The lowest BCUT2D eigenvalue weighted by Crippen LogP contribution is -2.11. The summed E-state index contributed by atoms with van der Waals surface area (Å²) in [6.07, 6.45) is 2.33. The van der Waals surface area contributed by atoms with Crippen LogP contribution >= 0.6 is 23.2 Å². The van der Waals surface area contributed by atoms with Crippen LogP contribution in [0.3, 0.4) is 0 Å². The highest BCUT2D eigenvalue weighted by molar-refractivity contribution is 6.30. The fourth-order valence-corrected chi connectivity index (χ4v) is 5.43. The average Bonchev–Trinajstić information content (AvgIpc) is 3.76. The number of nitrogens with zero attached hydrogens (tertiary/aromatic N) is 2. The Labute approximate surface area is 243 Å². The van der Waals surface area contributed by atoms with Crippen molar-refractivity contribution in [1.29, 1.82) is 0 Å². The van der Waals surface area contributed by atoms with Gasteiger partial charge < -0.3 is 14.0 Å². The van der Waals surface area contributed by atoms with Gasteiger partial charge in [0.25, 0.3) is 6.47 Å². The number of ether oxygens (including phenoxy) is 2. The van der Waals surface area contributed by atoms with Gasteiger partial charge in [-0.2, -0.15) is 0 Å². The van der Waals surface area contributed by atoms with Gasteiger partial charge in [-0.25, -0.2) is 4.98 Å². The van der Waals surface area contributed by atoms with Crippen LogP contribution in [-0.4, -0.2) is 22.6 Å². The third-order valence-electron chi connectivity index (χ3n) is 7.31. The Morgan fingerprint density at radius 2 is 1.48 bits per heavy atom. The molecule has 0 amide bonds. The zero-order valence-electron chi connectivity index (χ0n) is 21.8. The molecule has 1 aliphatic carbocycles. The summed E-state index contributed by atoms with van der Waals surface area (Å²) >= 11 is 12.5. The van der Waals surface area contributed by atoms with Crippen LogP contribution in [0.2, 0.25) is 10.0 Å². The maximum Gasteiger partial charge on any atom is 0.293 e. The zero-order valence-corrected chi connectivity index (χ0v) is 23.3. The number of hydrogen-bond acceptors (Lipinski definition) is 4. The predicted octanol–water partition coefficient (Wildman–Crippen LogP) is 8.15. The van der Waals surface area contributed by atoms with Crippen LogP contribution in [0.4, 0.5) is 0 Å². The van der Waals surface area contributed by atoms with Gasteiger partial charge in [-0.15, -0.1) is 0 Å². The van der Waals surface area contributed by atoms with Crippen molar-refractivity contribution in [2.24, 2.45) is 0 Å². The van der Waals surface area contributed by atoms with Crippen LogP contribution in [0.1, 0.15) is 52.8 Å². The van der Waals surface area contributed by atoms with E-state index < -0.39 is 0 Å². The van der Waals surface area contributed by atoms with Gasteiger partial charge in [0.15, 0.2) is 0 Å². The molecule has 0 unspecified atom stereocenters. The van der Waals surface area contributed by atoms with Crippen molar-refractivity contribution in [3.63, 3.8) is 0 Å². The van der Waals surface area contributed by atoms with E-state index in [2.05, 4.69) is 47.0 Å². The summed E-state index contributed by atoms with van der Waals surface area (Å²) in [4.78, 5) is 15.5. The number of imidazole rings is 1. The average molecular weight is 572 g/mol. The van der Waals surface area contributed by atoms with Gasteiger partial charge in [0.1, 0.15) is 24.8 Å². The molecule has 0 saturated heterocycles. The number of hydrogen-bond donors (Lipinski definition) is 0. The summed E-state index contributed by atoms with van der Waals surface area (Å²) in [6.45, 7) is 1.91. The number of fused-ring (bicyclic) bond motifs is 1. The van der Waals surface area contributed by atoms with Crippen LogP contribution in [0.25, 0.3) is 11.0 Å². The van der Waals surface area contributed by atoms with Gasteiger partial charge in [-0.1, -0.05) is 65.7 Å². The minimum absolute atomic E-state index is 0.0182. The van der Waals surface area contributed by atoms with Crippen LogP contribution in [0.5, 0.6) is 5.75 Å². The van der Waals surface area contributed by atoms with Crippen molar-refractivity contribution in [2.75, 3.05) is 6.61 Å². The Morgan fingerprint density at radius 3 is 2.08 bits per heavy atom. The molecule has 1 aromatic heterocycles. The maximum atomic E-state index is 10.4. The molecular weight excluding hydrogens is 543 g/mol. The third-order valence-corrected chi connectivity index (χ3v) is 7.81. The van der Waals surface area contributed by atoms with Crippen LogP contribution < -0.4 is 4.74 Å². The van der Waals surface area contributed by atoms with Crippen molar-refractivity contribution >= 4 is 40.7 Å². The molecule has 4 aromatic carbocycles. The maximum absolute atomic E-state index is 10.4. The fourth-order valence-electron chi connectivity index (χ4n) is 5.18. The predicted molar refractivity (Wildman–Crippen MR) is 158 cm³/mol. The monoisotopic (exact) mass is 570 g/mol. The lowest BCUT2D eigenvalue weighted by Gasteiger charge is -2.20. The van der Waals surface area contributed by atoms with Gasteiger partial charge in [0.05, 0.1) is 17.6 Å². The molecule has 5 nitrogen and oxygen atoms in total. The Morgan fingerprint density at radius 1 is 0.850 bits per heavy atom. The second-order valence-electron chi connectivity index (χ2n) is 10.1. The molecule has 1 aliphatic rings. The lowest BCUT2D eigenvalue weighted by molar-refractivity contribution is -0.129. The van der Waals surface area contributed by atoms with Gasteiger partial charge in [0, 0.05) is 21.9 Å². The fraction of sp³-hybridized carbons (Fsp3) is 0.212. The summed E-state index contributed by atoms with van der Waals surface area (Å²) in [5.74, 6) is 2.42. The quantitative estimate of drug-likeness (QED) is 0.119. The van der Waals surface area contributed by atoms with Gasteiger partial charge in [-0.3, -0.25) is 4.79 Å². The van der Waals surface area contributed by atoms with E-state index in [0.717, 1.165) is 39.3 Å².